The first-order valence-corrected chi connectivity index (χ1v) is 9.08. The van der Waals surface area contributed by atoms with Gasteiger partial charge in [0.1, 0.15) is 0 Å². The Hall–Kier alpha value is -1.60. The van der Waals surface area contributed by atoms with Gasteiger partial charge in [0.2, 0.25) is 0 Å². The minimum atomic E-state index is 0. The molecule has 0 heterocycles. The molecule has 3 rings (SSSR count). The average Bonchev–Trinajstić information content (AvgIpc) is 3.45. The zero-order chi connectivity index (χ0) is 17.3. The van der Waals surface area contributed by atoms with E-state index in [2.05, 4.69) is 58.9 Å². The Morgan fingerprint density at radius 1 is 1.00 bits per heavy atom. The van der Waals surface area contributed by atoms with Crippen LogP contribution in [0, 0.1) is 0 Å². The summed E-state index contributed by atoms with van der Waals surface area (Å²) in [4.78, 5) is 4.69. The van der Waals surface area contributed by atoms with Crippen LogP contribution in [0.5, 0.6) is 0 Å². The molecule has 0 bridgehead atoms. The highest BCUT2D eigenvalue weighted by atomic mass is 127. The normalized spacial score (nSPS) is 13.8. The molecule has 26 heavy (non-hydrogen) atoms. The van der Waals surface area contributed by atoms with E-state index in [4.69, 9.17) is 4.74 Å². The predicted octanol–water partition coefficient (Wildman–Crippen LogP) is 4.24. The third-order valence-corrected chi connectivity index (χ3v) is 4.05. The van der Waals surface area contributed by atoms with E-state index in [1.807, 2.05) is 18.2 Å². The van der Waals surface area contributed by atoms with Gasteiger partial charge in [-0.3, -0.25) is 0 Å². The van der Waals surface area contributed by atoms with Crippen LogP contribution in [-0.4, -0.2) is 18.5 Å². The molecule has 0 aliphatic heterocycles. The molecule has 0 saturated heterocycles. The van der Waals surface area contributed by atoms with E-state index in [9.17, 15) is 0 Å². The number of ether oxygens (including phenoxy) is 1. The van der Waals surface area contributed by atoms with Crippen molar-refractivity contribution >= 4 is 29.9 Å². The van der Waals surface area contributed by atoms with Crippen molar-refractivity contribution in [2.24, 2.45) is 4.99 Å². The minimum Gasteiger partial charge on any atom is -0.372 e. The third kappa shape index (κ3) is 7.33. The average molecular weight is 465 g/mol. The predicted molar refractivity (Wildman–Crippen MR) is 118 cm³/mol. The van der Waals surface area contributed by atoms with Gasteiger partial charge in [-0.1, -0.05) is 54.6 Å². The fraction of sp³-hybridized carbons (Fsp3) is 0.381. The number of nitrogens with zero attached hydrogens (tertiary/aromatic N) is 1. The van der Waals surface area contributed by atoms with Crippen LogP contribution >= 0.6 is 24.0 Å². The molecule has 0 radical (unpaired) electrons. The SMILES string of the molecule is CCNC(=NCc1cccc(COCc2ccccc2)c1)NC1CC1.I. The third-order valence-electron chi connectivity index (χ3n) is 4.05. The van der Waals surface area contributed by atoms with Gasteiger partial charge in [0.15, 0.2) is 5.96 Å². The maximum absolute atomic E-state index is 5.83. The van der Waals surface area contributed by atoms with Gasteiger partial charge in [0.25, 0.3) is 0 Å². The van der Waals surface area contributed by atoms with Crippen LogP contribution < -0.4 is 10.6 Å². The Labute approximate surface area is 173 Å². The Bertz CT molecular complexity index is 687. The zero-order valence-electron chi connectivity index (χ0n) is 15.3. The summed E-state index contributed by atoms with van der Waals surface area (Å²) in [5.74, 6) is 0.913. The summed E-state index contributed by atoms with van der Waals surface area (Å²) < 4.78 is 5.83. The van der Waals surface area contributed by atoms with Gasteiger partial charge in [-0.25, -0.2) is 4.99 Å². The number of aliphatic imine (C=N–C) groups is 1. The van der Waals surface area contributed by atoms with Gasteiger partial charge >= 0.3 is 0 Å². The maximum atomic E-state index is 5.83. The van der Waals surface area contributed by atoms with Gasteiger partial charge in [-0.05, 0) is 36.5 Å². The lowest BCUT2D eigenvalue weighted by atomic mass is 10.1. The number of halogens is 1. The van der Waals surface area contributed by atoms with Crippen LogP contribution in [0.15, 0.2) is 59.6 Å². The molecule has 1 aliphatic carbocycles. The van der Waals surface area contributed by atoms with Crippen molar-refractivity contribution in [3.8, 4) is 0 Å². The summed E-state index contributed by atoms with van der Waals surface area (Å²) in [6.45, 7) is 4.90. The summed E-state index contributed by atoms with van der Waals surface area (Å²) in [5, 5.41) is 6.75. The molecule has 0 amide bonds. The molecular formula is C21H28IN3O. The highest BCUT2D eigenvalue weighted by Crippen LogP contribution is 2.18. The van der Waals surface area contributed by atoms with Gasteiger partial charge in [0.05, 0.1) is 19.8 Å². The first-order chi connectivity index (χ1) is 12.3. The topological polar surface area (TPSA) is 45.7 Å². The summed E-state index contributed by atoms with van der Waals surface area (Å²) in [7, 11) is 0. The van der Waals surface area contributed by atoms with Gasteiger partial charge in [-0.2, -0.15) is 0 Å². The van der Waals surface area contributed by atoms with Crippen molar-refractivity contribution < 1.29 is 4.74 Å². The monoisotopic (exact) mass is 465 g/mol. The summed E-state index contributed by atoms with van der Waals surface area (Å²) in [6, 6.07) is 19.3. The van der Waals surface area contributed by atoms with Crippen molar-refractivity contribution in [2.45, 2.75) is 45.6 Å². The molecule has 0 aromatic heterocycles. The van der Waals surface area contributed by atoms with E-state index in [0.29, 0.717) is 25.8 Å². The van der Waals surface area contributed by atoms with Crippen LogP contribution in [-0.2, 0) is 24.5 Å². The van der Waals surface area contributed by atoms with Gasteiger partial charge in [-0.15, -0.1) is 24.0 Å². The number of hydrogen-bond donors (Lipinski definition) is 2. The van der Waals surface area contributed by atoms with Crippen LogP contribution in [0.2, 0.25) is 0 Å². The molecular weight excluding hydrogens is 437 g/mol. The lowest BCUT2D eigenvalue weighted by Crippen LogP contribution is -2.38. The number of benzene rings is 2. The van der Waals surface area contributed by atoms with Crippen LogP contribution in [0.4, 0.5) is 0 Å². The van der Waals surface area contributed by atoms with Gasteiger partial charge < -0.3 is 15.4 Å². The molecule has 5 heteroatoms. The molecule has 140 valence electrons. The first-order valence-electron chi connectivity index (χ1n) is 9.08. The minimum absolute atomic E-state index is 0. The van der Waals surface area contributed by atoms with Crippen LogP contribution in [0.3, 0.4) is 0 Å². The molecule has 0 spiro atoms. The second-order valence-electron chi connectivity index (χ2n) is 6.41. The van der Waals surface area contributed by atoms with E-state index in [-0.39, 0.29) is 24.0 Å². The summed E-state index contributed by atoms with van der Waals surface area (Å²) in [5.41, 5.74) is 3.59. The number of guanidine groups is 1. The number of hydrogen-bond acceptors (Lipinski definition) is 2. The standard InChI is InChI=1S/C21H27N3O.HI/c1-2-22-21(24-20-11-12-20)23-14-18-9-6-10-19(13-18)16-25-15-17-7-4-3-5-8-17;/h3-10,13,20H,2,11-12,14-16H2,1H3,(H2,22,23,24);1H. The maximum Gasteiger partial charge on any atom is 0.191 e. The Morgan fingerprint density at radius 2 is 1.69 bits per heavy atom. The molecule has 0 atom stereocenters. The van der Waals surface area contributed by atoms with Crippen molar-refractivity contribution in [3.05, 3.63) is 71.3 Å². The molecule has 4 nitrogen and oxygen atoms in total. The van der Waals surface area contributed by atoms with E-state index < -0.39 is 0 Å². The Morgan fingerprint density at radius 3 is 2.42 bits per heavy atom. The quantitative estimate of drug-likeness (QED) is 0.348. The van der Waals surface area contributed by atoms with E-state index in [0.717, 1.165) is 12.5 Å². The molecule has 2 aromatic carbocycles. The fourth-order valence-corrected chi connectivity index (χ4v) is 2.59. The molecule has 1 aliphatic rings. The second kappa shape index (κ2) is 11.2. The molecule has 1 saturated carbocycles. The summed E-state index contributed by atoms with van der Waals surface area (Å²) >= 11 is 0. The fourth-order valence-electron chi connectivity index (χ4n) is 2.59. The number of rotatable bonds is 8. The lowest BCUT2D eigenvalue weighted by Gasteiger charge is -2.10. The molecule has 2 aromatic rings. The molecule has 2 N–H and O–H groups in total. The molecule has 1 fully saturated rings. The van der Waals surface area contributed by atoms with Crippen LogP contribution in [0.1, 0.15) is 36.5 Å². The Balaban J connectivity index is 0.00000243. The second-order valence-corrected chi connectivity index (χ2v) is 6.41. The zero-order valence-corrected chi connectivity index (χ0v) is 17.6. The first kappa shape index (κ1) is 20.7. The van der Waals surface area contributed by atoms with Crippen molar-refractivity contribution in [3.63, 3.8) is 0 Å². The lowest BCUT2D eigenvalue weighted by molar-refractivity contribution is 0.107. The van der Waals surface area contributed by atoms with Gasteiger partial charge in [0, 0.05) is 12.6 Å². The smallest absolute Gasteiger partial charge is 0.191 e. The van der Waals surface area contributed by atoms with Crippen molar-refractivity contribution in [1.29, 1.82) is 0 Å². The summed E-state index contributed by atoms with van der Waals surface area (Å²) in [6.07, 6.45) is 2.50. The van der Waals surface area contributed by atoms with E-state index in [1.54, 1.807) is 0 Å². The largest absolute Gasteiger partial charge is 0.372 e. The van der Waals surface area contributed by atoms with E-state index in [1.165, 1.54) is 29.5 Å². The number of nitrogens with one attached hydrogen (secondary N) is 2. The highest BCUT2D eigenvalue weighted by Gasteiger charge is 2.21. The highest BCUT2D eigenvalue weighted by molar-refractivity contribution is 14.0. The van der Waals surface area contributed by atoms with E-state index >= 15 is 0 Å². The van der Waals surface area contributed by atoms with Crippen molar-refractivity contribution in [2.75, 3.05) is 6.54 Å². The van der Waals surface area contributed by atoms with Crippen molar-refractivity contribution in [1.82, 2.24) is 10.6 Å². The Kier molecular flexibility index (Phi) is 8.91. The van der Waals surface area contributed by atoms with Crippen LogP contribution in [0.25, 0.3) is 0 Å². The molecule has 0 unspecified atom stereocenters.